The number of hydrogen-bond acceptors (Lipinski definition) is 2. The molecule has 16 heavy (non-hydrogen) atoms. The lowest BCUT2D eigenvalue weighted by molar-refractivity contribution is -0.124. The Balaban J connectivity index is 2.53. The van der Waals surface area contributed by atoms with Crippen LogP contribution < -0.4 is 0 Å². The molecule has 0 spiro atoms. The number of hydrogen-bond donors (Lipinski definition) is 0. The van der Waals surface area contributed by atoms with E-state index in [1.807, 2.05) is 13.8 Å². The van der Waals surface area contributed by atoms with Gasteiger partial charge in [-0.15, -0.1) is 0 Å². The molecule has 0 aliphatic carbocycles. The van der Waals surface area contributed by atoms with Crippen LogP contribution in [0, 0.1) is 5.82 Å². The minimum atomic E-state index is -0.476. The predicted octanol–water partition coefficient (Wildman–Crippen LogP) is 3.02. The van der Waals surface area contributed by atoms with Crippen LogP contribution in [0.15, 0.2) is 18.2 Å². The van der Waals surface area contributed by atoms with Crippen LogP contribution in [0.4, 0.5) is 4.39 Å². The quantitative estimate of drug-likeness (QED) is 0.796. The Labute approximate surface area is 99.4 Å². The highest BCUT2D eigenvalue weighted by molar-refractivity contribution is 6.30. The van der Waals surface area contributed by atoms with Gasteiger partial charge in [0.2, 0.25) is 0 Å². The molecule has 0 radical (unpaired) electrons. The number of Topliss-reactive ketones (excluding diaryl/α,β-unsaturated/α-hetero) is 1. The lowest BCUT2D eigenvalue weighted by Crippen LogP contribution is -2.15. The van der Waals surface area contributed by atoms with E-state index in [-0.39, 0.29) is 29.9 Å². The Morgan fingerprint density at radius 3 is 2.75 bits per heavy atom. The molecule has 0 amide bonds. The summed E-state index contributed by atoms with van der Waals surface area (Å²) in [6.45, 7) is 3.80. The molecule has 1 aromatic carbocycles. The minimum absolute atomic E-state index is 0.0285. The monoisotopic (exact) mass is 244 g/mol. The van der Waals surface area contributed by atoms with E-state index >= 15 is 0 Å². The van der Waals surface area contributed by atoms with E-state index in [2.05, 4.69) is 0 Å². The van der Waals surface area contributed by atoms with Crippen molar-refractivity contribution in [2.75, 3.05) is 6.61 Å². The third-order valence-corrected chi connectivity index (χ3v) is 2.25. The van der Waals surface area contributed by atoms with Gasteiger partial charge in [0.05, 0.1) is 11.1 Å². The maximum Gasteiger partial charge on any atom is 0.162 e. The Bertz CT molecular complexity index is 377. The van der Waals surface area contributed by atoms with Gasteiger partial charge >= 0.3 is 0 Å². The van der Waals surface area contributed by atoms with Gasteiger partial charge in [-0.2, -0.15) is 0 Å². The molecule has 0 bridgehead atoms. The number of ketones is 1. The fourth-order valence-corrected chi connectivity index (χ4v) is 1.39. The molecule has 0 aromatic heterocycles. The highest BCUT2D eigenvalue weighted by Gasteiger charge is 2.07. The van der Waals surface area contributed by atoms with Gasteiger partial charge in [0.15, 0.2) is 5.78 Å². The molecular formula is C12H14ClFO2. The Kier molecular flexibility index (Phi) is 4.90. The van der Waals surface area contributed by atoms with Crippen molar-refractivity contribution in [1.29, 1.82) is 0 Å². The Morgan fingerprint density at radius 2 is 2.19 bits per heavy atom. The van der Waals surface area contributed by atoms with Crippen molar-refractivity contribution >= 4 is 17.4 Å². The van der Waals surface area contributed by atoms with E-state index < -0.39 is 5.82 Å². The lowest BCUT2D eigenvalue weighted by Gasteiger charge is -2.06. The van der Waals surface area contributed by atoms with Crippen molar-refractivity contribution in [2.45, 2.75) is 26.4 Å². The number of halogens is 2. The van der Waals surface area contributed by atoms with Crippen molar-refractivity contribution in [1.82, 2.24) is 0 Å². The molecule has 0 fully saturated rings. The first-order valence-corrected chi connectivity index (χ1v) is 5.44. The number of ether oxygens (including phenoxy) is 1. The number of carbonyl (C=O) groups excluding carboxylic acids is 1. The summed E-state index contributed by atoms with van der Waals surface area (Å²) in [6.07, 6.45) is 0.243. The molecule has 0 atom stereocenters. The molecule has 0 aliphatic heterocycles. The molecule has 1 rings (SSSR count). The average Bonchev–Trinajstić information content (AvgIpc) is 2.21. The summed E-state index contributed by atoms with van der Waals surface area (Å²) in [4.78, 5) is 11.5. The van der Waals surface area contributed by atoms with E-state index in [9.17, 15) is 9.18 Å². The highest BCUT2D eigenvalue weighted by atomic mass is 35.5. The zero-order chi connectivity index (χ0) is 12.1. The van der Waals surface area contributed by atoms with Crippen molar-refractivity contribution in [3.05, 3.63) is 34.6 Å². The number of benzene rings is 1. The van der Waals surface area contributed by atoms with Crippen molar-refractivity contribution in [3.8, 4) is 0 Å². The van der Waals surface area contributed by atoms with Crippen LogP contribution in [-0.2, 0) is 16.0 Å². The van der Waals surface area contributed by atoms with E-state index in [4.69, 9.17) is 16.3 Å². The van der Waals surface area contributed by atoms with Gasteiger partial charge < -0.3 is 4.74 Å². The fourth-order valence-electron chi connectivity index (χ4n) is 1.19. The first kappa shape index (κ1) is 13.1. The van der Waals surface area contributed by atoms with E-state index in [0.29, 0.717) is 5.56 Å². The maximum atomic E-state index is 12.8. The second-order valence-corrected chi connectivity index (χ2v) is 4.23. The summed E-state index contributed by atoms with van der Waals surface area (Å²) in [5, 5.41) is 0.0371. The minimum Gasteiger partial charge on any atom is -0.371 e. The predicted molar refractivity (Wildman–Crippen MR) is 61.2 cm³/mol. The summed E-state index contributed by atoms with van der Waals surface area (Å²) < 4.78 is 18.0. The van der Waals surface area contributed by atoms with Crippen LogP contribution in [0.2, 0.25) is 5.02 Å². The number of carbonyl (C=O) groups is 1. The fraction of sp³-hybridized carbons (Fsp3) is 0.417. The van der Waals surface area contributed by atoms with Gasteiger partial charge in [-0.25, -0.2) is 4.39 Å². The molecular weight excluding hydrogens is 231 g/mol. The molecule has 2 nitrogen and oxygen atoms in total. The zero-order valence-electron chi connectivity index (χ0n) is 9.30. The third-order valence-electron chi connectivity index (χ3n) is 1.96. The Morgan fingerprint density at radius 1 is 1.50 bits per heavy atom. The average molecular weight is 245 g/mol. The second kappa shape index (κ2) is 5.97. The van der Waals surface area contributed by atoms with Crippen molar-refractivity contribution < 1.29 is 13.9 Å². The first-order valence-electron chi connectivity index (χ1n) is 5.06. The number of rotatable bonds is 5. The molecule has 88 valence electrons. The normalized spacial score (nSPS) is 10.8. The molecule has 0 saturated heterocycles. The summed E-state index contributed by atoms with van der Waals surface area (Å²) in [5.74, 6) is -0.521. The summed E-state index contributed by atoms with van der Waals surface area (Å²) in [7, 11) is 0. The van der Waals surface area contributed by atoms with Crippen LogP contribution >= 0.6 is 11.6 Å². The van der Waals surface area contributed by atoms with Gasteiger partial charge in [0.1, 0.15) is 12.4 Å². The second-order valence-electron chi connectivity index (χ2n) is 3.82. The van der Waals surface area contributed by atoms with Crippen LogP contribution in [0.3, 0.4) is 0 Å². The standard InChI is InChI=1S/C12H14ClFO2/c1-8(2)16-7-10(15)5-9-3-4-12(14)11(13)6-9/h3-4,6,8H,5,7H2,1-2H3. The van der Waals surface area contributed by atoms with E-state index in [1.54, 1.807) is 6.07 Å². The van der Waals surface area contributed by atoms with Crippen LogP contribution in [0.1, 0.15) is 19.4 Å². The van der Waals surface area contributed by atoms with Crippen molar-refractivity contribution in [3.63, 3.8) is 0 Å². The zero-order valence-corrected chi connectivity index (χ0v) is 10.1. The molecule has 0 saturated carbocycles. The van der Waals surface area contributed by atoms with Crippen molar-refractivity contribution in [2.24, 2.45) is 0 Å². The smallest absolute Gasteiger partial charge is 0.162 e. The van der Waals surface area contributed by atoms with Crippen LogP contribution in [0.25, 0.3) is 0 Å². The SMILES string of the molecule is CC(C)OCC(=O)Cc1ccc(F)c(Cl)c1. The molecule has 0 N–H and O–H groups in total. The summed E-state index contributed by atoms with van der Waals surface area (Å²) >= 11 is 5.61. The molecule has 0 aliphatic rings. The molecule has 0 unspecified atom stereocenters. The molecule has 0 heterocycles. The van der Waals surface area contributed by atoms with Crippen LogP contribution in [-0.4, -0.2) is 18.5 Å². The third kappa shape index (κ3) is 4.29. The van der Waals surface area contributed by atoms with Gasteiger partial charge in [-0.05, 0) is 31.5 Å². The largest absolute Gasteiger partial charge is 0.371 e. The lowest BCUT2D eigenvalue weighted by atomic mass is 10.1. The first-order chi connectivity index (χ1) is 7.49. The topological polar surface area (TPSA) is 26.3 Å². The van der Waals surface area contributed by atoms with Gasteiger partial charge in [-0.3, -0.25) is 4.79 Å². The van der Waals surface area contributed by atoms with Gasteiger partial charge in [0, 0.05) is 6.42 Å². The summed E-state index contributed by atoms with van der Waals surface area (Å²) in [5.41, 5.74) is 0.698. The molecule has 4 heteroatoms. The van der Waals surface area contributed by atoms with E-state index in [1.165, 1.54) is 12.1 Å². The highest BCUT2D eigenvalue weighted by Crippen LogP contribution is 2.16. The van der Waals surface area contributed by atoms with E-state index in [0.717, 1.165) is 0 Å². The molecule has 1 aromatic rings. The van der Waals surface area contributed by atoms with Gasteiger partial charge in [-0.1, -0.05) is 17.7 Å². The summed E-state index contributed by atoms with van der Waals surface area (Å²) in [6, 6.07) is 4.27. The van der Waals surface area contributed by atoms with Crippen LogP contribution in [0.5, 0.6) is 0 Å². The maximum absolute atomic E-state index is 12.8. The van der Waals surface area contributed by atoms with Gasteiger partial charge in [0.25, 0.3) is 0 Å². The Hall–Kier alpha value is -0.930.